The number of aromatic nitrogens is 4. The fourth-order valence-electron chi connectivity index (χ4n) is 4.89. The summed E-state index contributed by atoms with van der Waals surface area (Å²) < 4.78 is 6.37. The van der Waals surface area contributed by atoms with Gasteiger partial charge in [-0.25, -0.2) is 15.0 Å². The van der Waals surface area contributed by atoms with Crippen molar-refractivity contribution in [1.29, 1.82) is 0 Å². The molecule has 196 valence electrons. The Hall–Kier alpha value is -3.30. The number of hydrogen-bond acceptors (Lipinski definition) is 7. The number of aliphatic carboxylic acids is 1. The molecule has 0 bridgehead atoms. The average Bonchev–Trinajstić information content (AvgIpc) is 3.38. The number of pyridine rings is 1. The lowest BCUT2D eigenvalue weighted by molar-refractivity contribution is -0.138. The highest BCUT2D eigenvalue weighted by Crippen LogP contribution is 2.31. The number of carboxylic acids is 1. The van der Waals surface area contributed by atoms with Gasteiger partial charge in [0.25, 0.3) is 0 Å². The molecule has 0 aromatic carbocycles. The van der Waals surface area contributed by atoms with Crippen molar-refractivity contribution < 1.29 is 14.6 Å². The SMILES string of the molecule is C=C/C=C(\C=NC(=C)Cl)c1n[nH]c(-c2ccc(N3CCC(OC4CCC(CC(=O)O)CC4)CC3)nc2)n1. The van der Waals surface area contributed by atoms with Crippen molar-refractivity contribution in [2.45, 2.75) is 57.2 Å². The summed E-state index contributed by atoms with van der Waals surface area (Å²) in [5, 5.41) is 16.4. The topological polar surface area (TPSA) is 117 Å². The number of nitrogens with one attached hydrogen (secondary N) is 1. The van der Waals surface area contributed by atoms with Crippen molar-refractivity contribution in [3.8, 4) is 11.4 Å². The van der Waals surface area contributed by atoms with E-state index in [1.54, 1.807) is 24.6 Å². The number of aromatic amines is 1. The Morgan fingerprint density at radius 1 is 1.22 bits per heavy atom. The fraction of sp³-hybridized carbons (Fsp3) is 0.444. The lowest BCUT2D eigenvalue weighted by atomic mass is 9.85. The van der Waals surface area contributed by atoms with Crippen LogP contribution in [0.4, 0.5) is 5.82 Å². The van der Waals surface area contributed by atoms with E-state index in [1.807, 2.05) is 12.1 Å². The number of carbonyl (C=O) groups is 1. The van der Waals surface area contributed by atoms with Crippen LogP contribution in [-0.4, -0.2) is 62.8 Å². The Balaban J connectivity index is 1.28. The zero-order valence-electron chi connectivity index (χ0n) is 20.9. The number of hydrogen-bond donors (Lipinski definition) is 2. The van der Waals surface area contributed by atoms with Crippen LogP contribution in [0.3, 0.4) is 0 Å². The van der Waals surface area contributed by atoms with E-state index in [1.165, 1.54) is 0 Å². The number of nitrogens with zero attached hydrogens (tertiary/aromatic N) is 5. The molecule has 0 atom stereocenters. The molecular weight excluding hydrogens is 492 g/mol. The van der Waals surface area contributed by atoms with Gasteiger partial charge < -0.3 is 14.7 Å². The molecular formula is C27H33ClN6O3. The van der Waals surface area contributed by atoms with E-state index in [0.717, 1.165) is 63.0 Å². The first-order chi connectivity index (χ1) is 17.9. The van der Waals surface area contributed by atoms with Crippen LogP contribution < -0.4 is 4.90 Å². The van der Waals surface area contributed by atoms with Gasteiger partial charge in [-0.15, -0.1) is 0 Å². The summed E-state index contributed by atoms with van der Waals surface area (Å²) in [6.45, 7) is 9.04. The van der Waals surface area contributed by atoms with Crippen LogP contribution in [0.15, 0.2) is 53.8 Å². The van der Waals surface area contributed by atoms with Gasteiger partial charge in [0.05, 0.1) is 12.2 Å². The molecule has 4 rings (SSSR count). The molecule has 0 amide bonds. The predicted molar refractivity (Wildman–Crippen MR) is 146 cm³/mol. The van der Waals surface area contributed by atoms with Gasteiger partial charge in [0.2, 0.25) is 0 Å². The molecule has 10 heteroatoms. The van der Waals surface area contributed by atoms with E-state index in [4.69, 9.17) is 21.4 Å². The van der Waals surface area contributed by atoms with Gasteiger partial charge in [-0.05, 0) is 56.6 Å². The first-order valence-corrected chi connectivity index (χ1v) is 13.0. The summed E-state index contributed by atoms with van der Waals surface area (Å²) in [4.78, 5) is 26.4. The summed E-state index contributed by atoms with van der Waals surface area (Å²) in [7, 11) is 0. The molecule has 9 nitrogen and oxygen atoms in total. The number of rotatable bonds is 10. The number of anilines is 1. The molecule has 1 aliphatic heterocycles. The summed E-state index contributed by atoms with van der Waals surface area (Å²) in [5.74, 6) is 1.60. The summed E-state index contributed by atoms with van der Waals surface area (Å²) >= 11 is 5.73. The summed E-state index contributed by atoms with van der Waals surface area (Å²) in [6, 6.07) is 3.98. The number of aliphatic imine (C=N–C) groups is 1. The van der Waals surface area contributed by atoms with Gasteiger partial charge in [-0.3, -0.25) is 9.89 Å². The zero-order chi connectivity index (χ0) is 26.2. The van der Waals surface area contributed by atoms with Crippen LogP contribution in [-0.2, 0) is 9.53 Å². The van der Waals surface area contributed by atoms with Crippen LogP contribution in [0, 0.1) is 5.92 Å². The Bertz CT molecular complexity index is 1140. The van der Waals surface area contributed by atoms with E-state index in [0.29, 0.717) is 23.1 Å². The molecule has 0 spiro atoms. The molecule has 2 aromatic heterocycles. The monoisotopic (exact) mass is 524 g/mol. The fourth-order valence-corrected chi connectivity index (χ4v) is 4.94. The van der Waals surface area contributed by atoms with Gasteiger partial charge in [0.15, 0.2) is 11.6 Å². The molecule has 1 saturated carbocycles. The third-order valence-corrected chi connectivity index (χ3v) is 6.91. The van der Waals surface area contributed by atoms with Gasteiger partial charge in [-0.2, -0.15) is 5.10 Å². The maximum Gasteiger partial charge on any atom is 0.303 e. The first-order valence-electron chi connectivity index (χ1n) is 12.6. The maximum absolute atomic E-state index is 10.9. The van der Waals surface area contributed by atoms with Gasteiger partial charge in [-0.1, -0.05) is 36.9 Å². The molecule has 2 aliphatic rings. The smallest absolute Gasteiger partial charge is 0.303 e. The van der Waals surface area contributed by atoms with Crippen LogP contribution in [0.5, 0.6) is 0 Å². The van der Waals surface area contributed by atoms with Crippen molar-refractivity contribution in [2.75, 3.05) is 18.0 Å². The van der Waals surface area contributed by atoms with Crippen LogP contribution in [0.2, 0.25) is 0 Å². The standard InChI is InChI=1S/C27H33ClN6O3/c1-3-4-20(16-29-18(2)28)26-31-27(33-32-26)21-7-10-24(30-17-21)34-13-11-23(12-14-34)37-22-8-5-19(6-9-22)15-25(35)36/h3-4,7,10,16-17,19,22-23H,1-2,5-6,8-9,11-15H2,(H,35,36)(H,31,32,33)/b20-4+,29-16?. The summed E-state index contributed by atoms with van der Waals surface area (Å²) in [5.41, 5.74) is 1.48. The van der Waals surface area contributed by atoms with Crippen molar-refractivity contribution >= 4 is 35.2 Å². The highest BCUT2D eigenvalue weighted by Gasteiger charge is 2.28. The minimum atomic E-state index is -0.696. The molecule has 2 aromatic rings. The minimum absolute atomic E-state index is 0.168. The van der Waals surface area contributed by atoms with E-state index < -0.39 is 5.97 Å². The lowest BCUT2D eigenvalue weighted by Gasteiger charge is -2.36. The molecule has 1 aliphatic carbocycles. The Kier molecular flexibility index (Phi) is 9.24. The Morgan fingerprint density at radius 3 is 2.57 bits per heavy atom. The van der Waals surface area contributed by atoms with Gasteiger partial charge in [0, 0.05) is 43.1 Å². The molecule has 37 heavy (non-hydrogen) atoms. The number of allylic oxidation sites excluding steroid dienone is 3. The molecule has 2 N–H and O–H groups in total. The van der Waals surface area contributed by atoms with Crippen molar-refractivity contribution in [2.24, 2.45) is 10.9 Å². The molecule has 3 heterocycles. The van der Waals surface area contributed by atoms with Crippen molar-refractivity contribution in [3.05, 3.63) is 54.6 Å². The third kappa shape index (κ3) is 7.60. The van der Waals surface area contributed by atoms with Crippen molar-refractivity contribution in [3.63, 3.8) is 0 Å². The Morgan fingerprint density at radius 2 is 1.95 bits per heavy atom. The molecule has 0 unspecified atom stereocenters. The highest BCUT2D eigenvalue weighted by atomic mass is 35.5. The second-order valence-corrected chi connectivity index (χ2v) is 9.90. The number of carboxylic acid groups (broad SMARTS) is 1. The number of halogens is 1. The quantitative estimate of drug-likeness (QED) is 0.248. The van der Waals surface area contributed by atoms with Gasteiger partial charge in [0.1, 0.15) is 11.0 Å². The first kappa shape index (κ1) is 26.8. The largest absolute Gasteiger partial charge is 0.481 e. The van der Waals surface area contributed by atoms with Gasteiger partial charge >= 0.3 is 5.97 Å². The number of piperidine rings is 1. The van der Waals surface area contributed by atoms with E-state index >= 15 is 0 Å². The molecule has 2 fully saturated rings. The second kappa shape index (κ2) is 12.8. The maximum atomic E-state index is 10.9. The normalized spacial score (nSPS) is 21.3. The average molecular weight is 525 g/mol. The third-order valence-electron chi connectivity index (χ3n) is 6.81. The molecule has 0 radical (unpaired) electrons. The second-order valence-electron chi connectivity index (χ2n) is 9.47. The van der Waals surface area contributed by atoms with Crippen LogP contribution in [0.25, 0.3) is 17.0 Å². The zero-order valence-corrected chi connectivity index (χ0v) is 21.6. The van der Waals surface area contributed by atoms with Crippen LogP contribution in [0.1, 0.15) is 50.8 Å². The van der Waals surface area contributed by atoms with Crippen molar-refractivity contribution in [1.82, 2.24) is 20.2 Å². The number of ether oxygens (including phenoxy) is 1. The predicted octanol–water partition coefficient (Wildman–Crippen LogP) is 5.24. The van der Waals surface area contributed by atoms with E-state index in [2.05, 4.69) is 43.2 Å². The van der Waals surface area contributed by atoms with Crippen LogP contribution >= 0.6 is 11.6 Å². The van der Waals surface area contributed by atoms with E-state index in [-0.39, 0.29) is 23.8 Å². The lowest BCUT2D eigenvalue weighted by Crippen LogP contribution is -2.39. The van der Waals surface area contributed by atoms with E-state index in [9.17, 15) is 4.79 Å². The summed E-state index contributed by atoms with van der Waals surface area (Å²) in [6.07, 6.45) is 13.2. The number of H-pyrrole nitrogens is 1. The minimum Gasteiger partial charge on any atom is -0.481 e. The Labute approximate surface area is 222 Å². The highest BCUT2D eigenvalue weighted by molar-refractivity contribution is 6.30. The molecule has 1 saturated heterocycles.